The van der Waals surface area contributed by atoms with Gasteiger partial charge in [-0.1, -0.05) is 91.3 Å². The number of fused-ring (bicyclic) bond motifs is 1. The summed E-state index contributed by atoms with van der Waals surface area (Å²) in [5.41, 5.74) is 1.13. The predicted octanol–water partition coefficient (Wildman–Crippen LogP) is 4.13. The molecule has 85 heavy (non-hydrogen) atoms. The molecule has 23 nitrogen and oxygen atoms in total. The van der Waals surface area contributed by atoms with Gasteiger partial charge in [0, 0.05) is 61.8 Å². The second-order valence-corrected chi connectivity index (χ2v) is 23.9. The van der Waals surface area contributed by atoms with E-state index in [1.165, 1.54) is 43.6 Å². The number of rotatable bonds is 30. The van der Waals surface area contributed by atoms with Gasteiger partial charge in [0.1, 0.15) is 54.4 Å². The van der Waals surface area contributed by atoms with Crippen LogP contribution in [-0.2, 0) is 60.6 Å². The molecule has 1 aromatic heterocycles. The second kappa shape index (κ2) is 31.8. The Morgan fingerprint density at radius 2 is 1.56 bits per heavy atom. The molecule has 5 rings (SSSR count). The number of aliphatic hydroxyl groups excluding tert-OH is 4. The Morgan fingerprint density at radius 3 is 2.14 bits per heavy atom. The number of hydrogen-bond acceptors (Lipinski definition) is 17. The van der Waals surface area contributed by atoms with E-state index in [-0.39, 0.29) is 49.7 Å². The lowest BCUT2D eigenvalue weighted by Gasteiger charge is -2.41. The van der Waals surface area contributed by atoms with Gasteiger partial charge in [-0.05, 0) is 54.7 Å². The molecule has 24 heteroatoms. The fourth-order valence-electron chi connectivity index (χ4n) is 11.4. The van der Waals surface area contributed by atoms with Crippen LogP contribution in [0, 0.1) is 36.0 Å². The van der Waals surface area contributed by atoms with Gasteiger partial charge in [0.05, 0.1) is 56.1 Å². The van der Waals surface area contributed by atoms with Crippen molar-refractivity contribution in [2.24, 2.45) is 23.7 Å². The summed E-state index contributed by atoms with van der Waals surface area (Å²) in [6.45, 7) is 12.2. The van der Waals surface area contributed by atoms with E-state index in [1.807, 2.05) is 19.9 Å². The Bertz CT molecular complexity index is 2790. The van der Waals surface area contributed by atoms with E-state index in [1.54, 1.807) is 83.0 Å². The van der Waals surface area contributed by atoms with Gasteiger partial charge in [-0.25, -0.2) is 9.59 Å². The molecule has 15 atom stereocenters. The normalized spacial score (nSPS) is 22.0. The number of carbonyl (C=O) groups is 7. The number of likely N-dealkylation sites (tertiary alicyclic amines) is 1. The molecule has 0 saturated carbocycles. The maximum Gasteiger partial charge on any atom is 0.410 e. The third-order valence-electron chi connectivity index (χ3n) is 16.3. The molecule has 3 unspecified atom stereocenters. The molecule has 0 bridgehead atoms. The number of ether oxygens (including phenoxy) is 5. The molecular weight excluding hydrogens is 1120 g/mol. The first-order valence-electron chi connectivity index (χ1n) is 28.9. The summed E-state index contributed by atoms with van der Waals surface area (Å²) < 4.78 is 30.2. The van der Waals surface area contributed by atoms with Crippen LogP contribution in [0.3, 0.4) is 0 Å². The number of aliphatic carboxylic acids is 2. The lowest BCUT2D eigenvalue weighted by molar-refractivity contribution is -0.277. The summed E-state index contributed by atoms with van der Waals surface area (Å²) in [5, 5.41) is 66.8. The molecule has 8 N–H and O–H groups in total. The van der Waals surface area contributed by atoms with Crippen LogP contribution in [0.25, 0.3) is 10.1 Å². The second-order valence-electron chi connectivity index (χ2n) is 22.8. The summed E-state index contributed by atoms with van der Waals surface area (Å²) in [7, 11) is 5.90. The molecule has 3 aromatic rings. The third kappa shape index (κ3) is 17.2. The number of nitrogens with one attached hydrogen (secondary N) is 2. The van der Waals surface area contributed by atoms with Gasteiger partial charge in [-0.15, -0.1) is 23.7 Å². The number of likely N-dealkylation sites (N-methyl/N-ethyl adjacent to an activating group) is 2. The van der Waals surface area contributed by atoms with Gasteiger partial charge in [0.2, 0.25) is 29.9 Å². The number of aliphatic hydroxyl groups is 4. The molecule has 2 aliphatic heterocycles. The molecule has 2 aromatic carbocycles. The summed E-state index contributed by atoms with van der Waals surface area (Å²) in [5.74, 6) is -3.65. The topological polar surface area (TPSA) is 321 Å². The van der Waals surface area contributed by atoms with Gasteiger partial charge in [0.25, 0.3) is 0 Å². The zero-order chi connectivity index (χ0) is 63.1. The fourth-order valence-corrected chi connectivity index (χ4v) is 12.6. The maximum absolute atomic E-state index is 14.9. The Hall–Kier alpha value is -6.43. The van der Waals surface area contributed by atoms with Crippen molar-refractivity contribution < 1.29 is 87.9 Å². The third-order valence-corrected chi connectivity index (χ3v) is 17.5. The summed E-state index contributed by atoms with van der Waals surface area (Å²) in [6, 6.07) is 8.92. The van der Waals surface area contributed by atoms with Crippen molar-refractivity contribution in [3.05, 3.63) is 64.5 Å². The van der Waals surface area contributed by atoms with E-state index in [2.05, 4.69) is 16.6 Å². The van der Waals surface area contributed by atoms with Crippen molar-refractivity contribution in [1.82, 2.24) is 25.3 Å². The summed E-state index contributed by atoms with van der Waals surface area (Å²) in [4.78, 5) is 101. The summed E-state index contributed by atoms with van der Waals surface area (Å²) in [6.07, 6.45) is -4.40. The fraction of sp³-hybridized carbons (Fsp3) is 0.623. The van der Waals surface area contributed by atoms with E-state index >= 15 is 0 Å². The van der Waals surface area contributed by atoms with Gasteiger partial charge in [0.15, 0.2) is 0 Å². The van der Waals surface area contributed by atoms with Gasteiger partial charge in [-0.2, -0.15) is 0 Å². The first-order valence-corrected chi connectivity index (χ1v) is 29.7. The Morgan fingerprint density at radius 1 is 0.882 bits per heavy atom. The van der Waals surface area contributed by atoms with Crippen LogP contribution < -0.4 is 15.4 Å². The lowest BCUT2D eigenvalue weighted by Crippen LogP contribution is -2.60. The van der Waals surface area contributed by atoms with Crippen molar-refractivity contribution in [1.29, 1.82) is 0 Å². The van der Waals surface area contributed by atoms with E-state index in [0.717, 1.165) is 10.5 Å². The first-order chi connectivity index (χ1) is 40.2. The SMILES string of the molecule is C#CCC(OC(=O)N(C)[C@H](C(=O)N[C@H](C(=O)N(C)[C@@H](C(C)CC)[C@@H](CC(=O)N1CCC[C@H]1[C@H](OC)[C@@H](C)C(=O)NC(Cc1ccccc1)C(=O)O)OC)C(C)C)C(C)C)c1ccc(O[C@@H]2O[C@H](CO)[C@H](O)[C@H](O)[C@H]2O)c2cc(CCC(=O)O)sc12. The van der Waals surface area contributed by atoms with E-state index in [4.69, 9.17) is 30.1 Å². The highest BCUT2D eigenvalue weighted by atomic mass is 32.1. The number of hydrogen-bond donors (Lipinski definition) is 8. The average molecular weight is 1210 g/mol. The number of thiophene rings is 1. The van der Waals surface area contributed by atoms with E-state index in [9.17, 15) is 64.2 Å². The van der Waals surface area contributed by atoms with Crippen LogP contribution in [-0.4, -0.2) is 202 Å². The number of terminal acetylenes is 1. The molecule has 2 aliphatic rings. The minimum atomic E-state index is -1.74. The van der Waals surface area contributed by atoms with Crippen LogP contribution in [0.5, 0.6) is 5.75 Å². The van der Waals surface area contributed by atoms with E-state index < -0.39 is 139 Å². The molecule has 0 radical (unpaired) electrons. The van der Waals surface area contributed by atoms with Crippen LogP contribution in [0.2, 0.25) is 0 Å². The molecule has 3 heterocycles. The van der Waals surface area contributed by atoms with E-state index in [0.29, 0.717) is 46.3 Å². The smallest absolute Gasteiger partial charge is 0.410 e. The standard InChI is InChI=1S/C61H87N5O18S/c1-13-19-42(38-24-25-43(39-29-37(85-55(38)39)23-26-47(69)70)82-60-53(73)52(72)51(71)45(31-67)83-60)84-61(79)65(10)49(33(5)6)57(75)63-48(32(3)4)58(76)64(9)50(34(7)14-2)44(80-11)30-46(68)66-27-18-22-41(66)54(81-12)35(8)56(74)62-40(59(77)78)28-36-20-16-15-17-21-36/h1,15-17,20-21,24-25,29,32-35,40-42,44-45,48-54,60,67,71-73H,14,18-19,22-23,26-28,30-31H2,2-12H3,(H,62,74)(H,63,75)(H,69,70)(H,77,78)/t34?,35-,40?,41+,42?,44-,45-,48+,49+,50+,51+,52+,53-,54-,60-/m1/s1. The van der Waals surface area contributed by atoms with Gasteiger partial charge >= 0.3 is 18.0 Å². The highest BCUT2D eigenvalue weighted by Crippen LogP contribution is 2.42. The zero-order valence-electron chi connectivity index (χ0n) is 50.4. The zero-order valence-corrected chi connectivity index (χ0v) is 51.2. The number of nitrogens with zero attached hydrogens (tertiary/aromatic N) is 3. The number of carbonyl (C=O) groups excluding carboxylic acids is 5. The minimum Gasteiger partial charge on any atom is -0.481 e. The molecule has 2 fully saturated rings. The van der Waals surface area contributed by atoms with Crippen molar-refractivity contribution in [2.75, 3.05) is 41.5 Å². The predicted molar refractivity (Wildman–Crippen MR) is 314 cm³/mol. The Kier molecular flexibility index (Phi) is 26.0. The lowest BCUT2D eigenvalue weighted by atomic mass is 9.89. The molecule has 5 amide bonds. The molecular formula is C61H87N5O18S. The number of aryl methyl sites for hydroxylation is 1. The number of benzene rings is 2. The van der Waals surface area contributed by atoms with Crippen molar-refractivity contribution >= 4 is 63.1 Å². The van der Waals surface area contributed by atoms with Crippen molar-refractivity contribution in [2.45, 2.75) is 179 Å². The number of methoxy groups -OCH3 is 2. The van der Waals surface area contributed by atoms with Crippen LogP contribution >= 0.6 is 11.3 Å². The maximum atomic E-state index is 14.9. The molecule has 0 spiro atoms. The minimum absolute atomic E-state index is 0.0710. The number of carboxylic acid groups (broad SMARTS) is 2. The van der Waals surface area contributed by atoms with Gasteiger partial charge in [-0.3, -0.25) is 28.9 Å². The highest BCUT2D eigenvalue weighted by Gasteiger charge is 2.47. The number of carboxylic acids is 2. The van der Waals surface area contributed by atoms with Crippen molar-refractivity contribution in [3.8, 4) is 18.1 Å². The molecule has 470 valence electrons. The molecule has 2 saturated heterocycles. The van der Waals surface area contributed by atoms with Crippen LogP contribution in [0.15, 0.2) is 48.5 Å². The average Bonchev–Trinajstić information content (AvgIpc) is 2.56. The number of amides is 5. The summed E-state index contributed by atoms with van der Waals surface area (Å²) >= 11 is 1.18. The Labute approximate surface area is 501 Å². The first kappa shape index (κ1) is 69.3. The molecule has 0 aliphatic carbocycles. The van der Waals surface area contributed by atoms with Crippen molar-refractivity contribution in [3.63, 3.8) is 0 Å². The monoisotopic (exact) mass is 1210 g/mol. The largest absolute Gasteiger partial charge is 0.481 e. The highest BCUT2D eigenvalue weighted by molar-refractivity contribution is 7.19. The van der Waals surface area contributed by atoms with Crippen LogP contribution in [0.4, 0.5) is 4.79 Å². The van der Waals surface area contributed by atoms with Crippen LogP contribution in [0.1, 0.15) is 109 Å². The quantitative estimate of drug-likeness (QED) is 0.0435. The van der Waals surface area contributed by atoms with Gasteiger partial charge < -0.3 is 74.8 Å². The Balaban J connectivity index is 1.33.